The molecule has 0 radical (unpaired) electrons. The summed E-state index contributed by atoms with van der Waals surface area (Å²) in [5.74, 6) is 1.07. The van der Waals surface area contributed by atoms with Crippen LogP contribution in [0.5, 0.6) is 5.75 Å². The number of hydrogen-bond donors (Lipinski definition) is 1. The average molecular weight is 329 g/mol. The number of carbonyl (C=O) groups excluding carboxylic acids is 1. The van der Waals surface area contributed by atoms with Crippen molar-refractivity contribution in [3.05, 3.63) is 36.0 Å². The summed E-state index contributed by atoms with van der Waals surface area (Å²) in [6.07, 6.45) is 2.48. The van der Waals surface area contributed by atoms with Gasteiger partial charge in [-0.3, -0.25) is 9.69 Å². The van der Waals surface area contributed by atoms with Crippen LogP contribution in [-0.2, 0) is 0 Å². The van der Waals surface area contributed by atoms with Crippen molar-refractivity contribution in [2.45, 2.75) is 25.8 Å². The number of methoxy groups -OCH3 is 1. The lowest BCUT2D eigenvalue weighted by atomic mass is 10.1. The van der Waals surface area contributed by atoms with Crippen LogP contribution in [0.25, 0.3) is 11.3 Å². The number of benzene rings is 1. The van der Waals surface area contributed by atoms with Gasteiger partial charge in [0.2, 0.25) is 0 Å². The lowest BCUT2D eigenvalue weighted by Gasteiger charge is -2.23. The summed E-state index contributed by atoms with van der Waals surface area (Å²) >= 11 is 0. The van der Waals surface area contributed by atoms with Crippen molar-refractivity contribution in [1.29, 1.82) is 0 Å². The molecule has 2 aromatic rings. The third-order valence-electron chi connectivity index (χ3n) is 4.42. The van der Waals surface area contributed by atoms with Crippen LogP contribution in [0.3, 0.4) is 0 Å². The molecule has 1 aliphatic heterocycles. The summed E-state index contributed by atoms with van der Waals surface area (Å²) in [5.41, 5.74) is 1.12. The molecule has 1 aliphatic rings. The molecule has 0 spiro atoms. The fourth-order valence-electron chi connectivity index (χ4n) is 2.94. The molecule has 1 saturated heterocycles. The first kappa shape index (κ1) is 16.5. The van der Waals surface area contributed by atoms with E-state index in [4.69, 9.17) is 9.26 Å². The first-order valence-electron chi connectivity index (χ1n) is 8.31. The summed E-state index contributed by atoms with van der Waals surface area (Å²) in [4.78, 5) is 14.6. The minimum absolute atomic E-state index is 0.209. The minimum atomic E-state index is -0.209. The second-order valence-corrected chi connectivity index (χ2v) is 6.11. The predicted octanol–water partition coefficient (Wildman–Crippen LogP) is 2.56. The van der Waals surface area contributed by atoms with E-state index in [1.54, 1.807) is 13.2 Å². The Morgan fingerprint density at radius 1 is 1.38 bits per heavy atom. The Morgan fingerprint density at radius 3 is 2.92 bits per heavy atom. The molecule has 2 heterocycles. The molecule has 0 saturated carbocycles. The normalized spacial score (nSPS) is 16.1. The molecule has 6 nitrogen and oxygen atoms in total. The number of nitrogens with one attached hydrogen (secondary N) is 1. The van der Waals surface area contributed by atoms with E-state index in [0.717, 1.165) is 24.4 Å². The molecular formula is C18H23N3O3. The first-order valence-corrected chi connectivity index (χ1v) is 8.31. The summed E-state index contributed by atoms with van der Waals surface area (Å²) in [6, 6.07) is 9.45. The van der Waals surface area contributed by atoms with Crippen LogP contribution in [0.2, 0.25) is 0 Å². The third-order valence-corrected chi connectivity index (χ3v) is 4.42. The Hall–Kier alpha value is -2.34. The van der Waals surface area contributed by atoms with E-state index >= 15 is 0 Å². The van der Waals surface area contributed by atoms with Crippen molar-refractivity contribution in [3.63, 3.8) is 0 Å². The van der Waals surface area contributed by atoms with E-state index in [9.17, 15) is 4.79 Å². The Labute approximate surface area is 141 Å². The number of nitrogens with zero attached hydrogens (tertiary/aromatic N) is 2. The van der Waals surface area contributed by atoms with E-state index in [1.165, 1.54) is 12.8 Å². The van der Waals surface area contributed by atoms with Crippen LogP contribution in [0, 0.1) is 0 Å². The van der Waals surface area contributed by atoms with Gasteiger partial charge in [0.15, 0.2) is 11.5 Å². The number of carbonyl (C=O) groups is 1. The van der Waals surface area contributed by atoms with Gasteiger partial charge in [0.1, 0.15) is 5.75 Å². The molecule has 0 bridgehead atoms. The molecule has 0 aliphatic carbocycles. The van der Waals surface area contributed by atoms with Crippen LogP contribution in [0.1, 0.15) is 30.3 Å². The molecule has 6 heteroatoms. The van der Waals surface area contributed by atoms with Gasteiger partial charge in [-0.15, -0.1) is 0 Å². The van der Waals surface area contributed by atoms with Gasteiger partial charge in [-0.25, -0.2) is 0 Å². The Balaban J connectivity index is 1.60. The quantitative estimate of drug-likeness (QED) is 0.882. The number of hydrogen-bond acceptors (Lipinski definition) is 5. The monoisotopic (exact) mass is 329 g/mol. The van der Waals surface area contributed by atoms with Crippen LogP contribution >= 0.6 is 0 Å². The second kappa shape index (κ2) is 7.49. The standard InChI is InChI=1S/C18H23N3O3/c1-13(21-8-3-4-9-21)12-19-18(22)16-11-17(24-20-16)14-6-5-7-15(10-14)23-2/h5-7,10-11,13H,3-4,8-9,12H2,1-2H3,(H,19,22). The van der Waals surface area contributed by atoms with Crippen LogP contribution in [0.4, 0.5) is 0 Å². The summed E-state index contributed by atoms with van der Waals surface area (Å²) in [6.45, 7) is 4.97. The van der Waals surface area contributed by atoms with Crippen molar-refractivity contribution >= 4 is 5.91 Å². The van der Waals surface area contributed by atoms with Crippen molar-refractivity contribution in [1.82, 2.24) is 15.4 Å². The number of amides is 1. The van der Waals surface area contributed by atoms with Gasteiger partial charge in [-0.2, -0.15) is 0 Å². The Morgan fingerprint density at radius 2 is 2.17 bits per heavy atom. The summed E-state index contributed by atoms with van der Waals surface area (Å²) in [7, 11) is 1.61. The fraction of sp³-hybridized carbons (Fsp3) is 0.444. The highest BCUT2D eigenvalue weighted by Crippen LogP contribution is 2.24. The maximum Gasteiger partial charge on any atom is 0.273 e. The van der Waals surface area contributed by atoms with Crippen LogP contribution in [0.15, 0.2) is 34.9 Å². The van der Waals surface area contributed by atoms with Gasteiger partial charge in [0.05, 0.1) is 7.11 Å². The number of aromatic nitrogens is 1. The zero-order chi connectivity index (χ0) is 16.9. The number of rotatable bonds is 6. The van der Waals surface area contributed by atoms with Gasteiger partial charge in [-0.1, -0.05) is 17.3 Å². The Bertz CT molecular complexity index is 692. The van der Waals surface area contributed by atoms with Gasteiger partial charge >= 0.3 is 0 Å². The largest absolute Gasteiger partial charge is 0.497 e. The van der Waals surface area contributed by atoms with Gasteiger partial charge < -0.3 is 14.6 Å². The van der Waals surface area contributed by atoms with Crippen molar-refractivity contribution in [3.8, 4) is 17.1 Å². The predicted molar refractivity (Wildman–Crippen MR) is 91.1 cm³/mol. The zero-order valence-corrected chi connectivity index (χ0v) is 14.1. The molecule has 1 unspecified atom stereocenters. The van der Waals surface area contributed by atoms with E-state index in [0.29, 0.717) is 24.0 Å². The highest BCUT2D eigenvalue weighted by molar-refractivity contribution is 5.93. The highest BCUT2D eigenvalue weighted by Gasteiger charge is 2.20. The molecule has 1 aromatic heterocycles. The summed E-state index contributed by atoms with van der Waals surface area (Å²) < 4.78 is 10.5. The molecular weight excluding hydrogens is 306 g/mol. The first-order chi connectivity index (χ1) is 11.7. The average Bonchev–Trinajstić information content (AvgIpc) is 3.31. The Kier molecular flexibility index (Phi) is 5.15. The lowest BCUT2D eigenvalue weighted by Crippen LogP contribution is -2.40. The third kappa shape index (κ3) is 3.76. The minimum Gasteiger partial charge on any atom is -0.497 e. The molecule has 1 N–H and O–H groups in total. The molecule has 128 valence electrons. The van der Waals surface area contributed by atoms with E-state index in [-0.39, 0.29) is 5.91 Å². The van der Waals surface area contributed by atoms with Gasteiger partial charge in [0, 0.05) is 24.2 Å². The van der Waals surface area contributed by atoms with Gasteiger partial charge in [0.25, 0.3) is 5.91 Å². The lowest BCUT2D eigenvalue weighted by molar-refractivity contribution is 0.0931. The van der Waals surface area contributed by atoms with E-state index in [1.807, 2.05) is 24.3 Å². The molecule has 1 aromatic carbocycles. The smallest absolute Gasteiger partial charge is 0.273 e. The van der Waals surface area contributed by atoms with E-state index < -0.39 is 0 Å². The van der Waals surface area contributed by atoms with Crippen molar-refractivity contribution in [2.75, 3.05) is 26.7 Å². The SMILES string of the molecule is COc1cccc(-c2cc(C(=O)NCC(C)N3CCCC3)no2)c1. The van der Waals surface area contributed by atoms with Crippen molar-refractivity contribution in [2.24, 2.45) is 0 Å². The number of likely N-dealkylation sites (tertiary alicyclic amines) is 1. The molecule has 1 amide bonds. The molecule has 1 atom stereocenters. The summed E-state index contributed by atoms with van der Waals surface area (Å²) in [5, 5.41) is 6.82. The van der Waals surface area contributed by atoms with E-state index in [2.05, 4.69) is 22.3 Å². The zero-order valence-electron chi connectivity index (χ0n) is 14.1. The molecule has 1 fully saturated rings. The number of ether oxygens (including phenoxy) is 1. The van der Waals surface area contributed by atoms with Crippen LogP contribution in [-0.4, -0.2) is 48.7 Å². The maximum atomic E-state index is 12.3. The topological polar surface area (TPSA) is 67.6 Å². The van der Waals surface area contributed by atoms with Crippen LogP contribution < -0.4 is 10.1 Å². The fourth-order valence-corrected chi connectivity index (χ4v) is 2.94. The molecule has 3 rings (SSSR count). The molecule has 24 heavy (non-hydrogen) atoms. The van der Waals surface area contributed by atoms with Crippen molar-refractivity contribution < 1.29 is 14.1 Å². The second-order valence-electron chi connectivity index (χ2n) is 6.11. The maximum absolute atomic E-state index is 12.3. The highest BCUT2D eigenvalue weighted by atomic mass is 16.5. The van der Waals surface area contributed by atoms with Gasteiger partial charge in [-0.05, 0) is 45.0 Å².